The van der Waals surface area contributed by atoms with Crippen LogP contribution in [0.4, 0.5) is 10.8 Å². The van der Waals surface area contributed by atoms with Crippen LogP contribution in [0.15, 0.2) is 18.2 Å². The Balaban J connectivity index is 1.39. The van der Waals surface area contributed by atoms with E-state index in [0.717, 1.165) is 67.5 Å². The lowest BCUT2D eigenvalue weighted by molar-refractivity contribution is -0.131. The highest BCUT2D eigenvalue weighted by Crippen LogP contribution is 2.35. The first-order valence-corrected chi connectivity index (χ1v) is 11.7. The lowest BCUT2D eigenvalue weighted by atomic mass is 9.90. The summed E-state index contributed by atoms with van der Waals surface area (Å²) in [5.41, 5.74) is 4.38. The summed E-state index contributed by atoms with van der Waals surface area (Å²) >= 11 is 1.72. The molecule has 2 heterocycles. The first kappa shape index (κ1) is 20.8. The molecule has 1 N–H and O–H groups in total. The number of benzene rings is 1. The van der Waals surface area contributed by atoms with Gasteiger partial charge in [0.05, 0.1) is 5.69 Å². The van der Waals surface area contributed by atoms with Crippen LogP contribution >= 0.6 is 11.3 Å². The van der Waals surface area contributed by atoms with Gasteiger partial charge in [0, 0.05) is 49.1 Å². The SMILES string of the molecule is CCC(=O)N1CCN(c2nc3c(s2)CC(C(=O)Nc2cccc(C)c2C)CC3)CC1. The minimum atomic E-state index is -0.00950. The molecular weight excluding hydrogens is 396 g/mol. The molecule has 1 fully saturated rings. The molecule has 1 aliphatic carbocycles. The third-order valence-corrected chi connectivity index (χ3v) is 7.55. The second-order valence-electron chi connectivity index (χ2n) is 8.26. The van der Waals surface area contributed by atoms with Gasteiger partial charge in [0.2, 0.25) is 11.8 Å². The summed E-state index contributed by atoms with van der Waals surface area (Å²) in [6.07, 6.45) is 3.02. The molecule has 1 aliphatic heterocycles. The van der Waals surface area contributed by atoms with Crippen LogP contribution in [0.1, 0.15) is 41.5 Å². The second kappa shape index (κ2) is 8.76. The Bertz CT molecular complexity index is 947. The highest BCUT2D eigenvalue weighted by Gasteiger charge is 2.30. The Hall–Kier alpha value is -2.41. The Kier molecular flexibility index (Phi) is 6.09. The number of anilines is 2. The number of carbonyl (C=O) groups excluding carboxylic acids is 2. The number of aromatic nitrogens is 1. The third kappa shape index (κ3) is 4.21. The Morgan fingerprint density at radius 1 is 1.20 bits per heavy atom. The number of amides is 2. The highest BCUT2D eigenvalue weighted by atomic mass is 32.1. The maximum absolute atomic E-state index is 12.9. The van der Waals surface area contributed by atoms with Gasteiger partial charge in [-0.25, -0.2) is 4.98 Å². The van der Waals surface area contributed by atoms with Gasteiger partial charge in [0.15, 0.2) is 5.13 Å². The molecule has 0 radical (unpaired) electrons. The van der Waals surface area contributed by atoms with E-state index in [-0.39, 0.29) is 17.7 Å². The second-order valence-corrected chi connectivity index (χ2v) is 9.33. The zero-order valence-corrected chi connectivity index (χ0v) is 18.8. The Morgan fingerprint density at radius 2 is 1.97 bits per heavy atom. The van der Waals surface area contributed by atoms with Gasteiger partial charge >= 0.3 is 0 Å². The summed E-state index contributed by atoms with van der Waals surface area (Å²) < 4.78 is 0. The molecule has 1 unspecified atom stereocenters. The van der Waals surface area contributed by atoms with E-state index in [2.05, 4.69) is 23.2 Å². The number of fused-ring (bicyclic) bond motifs is 1. The Morgan fingerprint density at radius 3 is 2.70 bits per heavy atom. The predicted molar refractivity (Wildman–Crippen MR) is 121 cm³/mol. The van der Waals surface area contributed by atoms with Crippen molar-refractivity contribution in [1.29, 1.82) is 0 Å². The summed E-state index contributed by atoms with van der Waals surface area (Å²) in [7, 11) is 0. The molecule has 6 nitrogen and oxygen atoms in total. The molecule has 7 heteroatoms. The summed E-state index contributed by atoms with van der Waals surface area (Å²) in [5, 5.41) is 4.18. The van der Waals surface area contributed by atoms with Crippen LogP contribution in [0.5, 0.6) is 0 Å². The molecule has 2 amide bonds. The lowest BCUT2D eigenvalue weighted by Gasteiger charge is -2.34. The van der Waals surface area contributed by atoms with E-state index in [1.165, 1.54) is 10.4 Å². The Labute approximate surface area is 182 Å². The average Bonchev–Trinajstić information content (AvgIpc) is 3.20. The number of piperazine rings is 1. The number of thiazole rings is 1. The van der Waals surface area contributed by atoms with Crippen molar-refractivity contribution in [3.8, 4) is 0 Å². The number of hydrogen-bond acceptors (Lipinski definition) is 5. The van der Waals surface area contributed by atoms with Crippen LogP contribution in [0.3, 0.4) is 0 Å². The standard InChI is InChI=1S/C23H30N4O2S/c1-4-21(28)26-10-12-27(13-11-26)23-25-19-9-8-17(14-20(19)30-23)22(29)24-18-7-5-6-15(2)16(18)3/h5-7,17H,4,8-14H2,1-3H3,(H,24,29). The van der Waals surface area contributed by atoms with Gasteiger partial charge in [0.25, 0.3) is 0 Å². The van der Waals surface area contributed by atoms with Gasteiger partial charge < -0.3 is 15.1 Å². The van der Waals surface area contributed by atoms with Gasteiger partial charge in [-0.2, -0.15) is 0 Å². The molecule has 160 valence electrons. The van der Waals surface area contributed by atoms with Gasteiger partial charge in [-0.05, 0) is 50.3 Å². The number of aryl methyl sites for hydroxylation is 2. The molecule has 1 aromatic carbocycles. The van der Waals surface area contributed by atoms with Crippen molar-refractivity contribution >= 4 is 34.0 Å². The normalized spacial score (nSPS) is 18.8. The van der Waals surface area contributed by atoms with E-state index in [1.54, 1.807) is 11.3 Å². The fourth-order valence-electron chi connectivity index (χ4n) is 4.21. The van der Waals surface area contributed by atoms with Crippen molar-refractivity contribution < 1.29 is 9.59 Å². The summed E-state index contributed by atoms with van der Waals surface area (Å²) in [4.78, 5) is 35.1. The van der Waals surface area contributed by atoms with Crippen molar-refractivity contribution in [3.63, 3.8) is 0 Å². The van der Waals surface area contributed by atoms with Gasteiger partial charge in [-0.15, -0.1) is 11.3 Å². The summed E-state index contributed by atoms with van der Waals surface area (Å²) in [6, 6.07) is 6.02. The zero-order valence-electron chi connectivity index (χ0n) is 18.0. The van der Waals surface area contributed by atoms with Crippen molar-refractivity contribution in [1.82, 2.24) is 9.88 Å². The molecule has 1 saturated heterocycles. The first-order valence-electron chi connectivity index (χ1n) is 10.8. The molecule has 2 aliphatic rings. The van der Waals surface area contributed by atoms with Gasteiger partial charge in [-0.3, -0.25) is 9.59 Å². The molecule has 0 spiro atoms. The predicted octanol–water partition coefficient (Wildman–Crippen LogP) is 3.56. The number of carbonyl (C=O) groups is 2. The molecule has 4 rings (SSSR count). The van der Waals surface area contributed by atoms with E-state index in [9.17, 15) is 9.59 Å². The number of nitrogens with one attached hydrogen (secondary N) is 1. The van der Waals surface area contributed by atoms with Crippen LogP contribution in [-0.2, 0) is 22.4 Å². The summed E-state index contributed by atoms with van der Waals surface area (Å²) in [5.74, 6) is 0.325. The smallest absolute Gasteiger partial charge is 0.227 e. The molecule has 0 saturated carbocycles. The fourth-order valence-corrected chi connectivity index (χ4v) is 5.45. The lowest BCUT2D eigenvalue weighted by Crippen LogP contribution is -2.48. The quantitative estimate of drug-likeness (QED) is 0.812. The third-order valence-electron chi connectivity index (χ3n) is 6.37. The van der Waals surface area contributed by atoms with Crippen LogP contribution < -0.4 is 10.2 Å². The maximum Gasteiger partial charge on any atom is 0.227 e. The van der Waals surface area contributed by atoms with Crippen LogP contribution in [-0.4, -0.2) is 47.9 Å². The van der Waals surface area contributed by atoms with Crippen LogP contribution in [0.25, 0.3) is 0 Å². The van der Waals surface area contributed by atoms with Crippen molar-refractivity contribution in [2.24, 2.45) is 5.92 Å². The topological polar surface area (TPSA) is 65.5 Å². The summed E-state index contributed by atoms with van der Waals surface area (Å²) in [6.45, 7) is 9.21. The fraction of sp³-hybridized carbons (Fsp3) is 0.522. The molecule has 1 aromatic heterocycles. The maximum atomic E-state index is 12.9. The van der Waals surface area contributed by atoms with Crippen LogP contribution in [0.2, 0.25) is 0 Å². The molecular formula is C23H30N4O2S. The monoisotopic (exact) mass is 426 g/mol. The van der Waals surface area contributed by atoms with Crippen LogP contribution in [0, 0.1) is 19.8 Å². The highest BCUT2D eigenvalue weighted by molar-refractivity contribution is 7.15. The van der Waals surface area contributed by atoms with E-state index >= 15 is 0 Å². The number of hydrogen-bond donors (Lipinski definition) is 1. The average molecular weight is 427 g/mol. The van der Waals surface area contributed by atoms with E-state index in [4.69, 9.17) is 4.98 Å². The molecule has 2 aromatic rings. The van der Waals surface area contributed by atoms with E-state index in [1.807, 2.05) is 30.9 Å². The van der Waals surface area contributed by atoms with Gasteiger partial charge in [-0.1, -0.05) is 19.1 Å². The van der Waals surface area contributed by atoms with Gasteiger partial charge in [0.1, 0.15) is 0 Å². The molecule has 0 bridgehead atoms. The number of rotatable bonds is 4. The largest absolute Gasteiger partial charge is 0.345 e. The van der Waals surface area contributed by atoms with Crippen molar-refractivity contribution in [2.75, 3.05) is 36.4 Å². The van der Waals surface area contributed by atoms with Crippen molar-refractivity contribution in [2.45, 2.75) is 46.5 Å². The minimum Gasteiger partial charge on any atom is -0.345 e. The van der Waals surface area contributed by atoms with Crippen molar-refractivity contribution in [3.05, 3.63) is 39.9 Å². The number of nitrogens with zero attached hydrogens (tertiary/aromatic N) is 3. The molecule has 30 heavy (non-hydrogen) atoms. The first-order chi connectivity index (χ1) is 14.5. The molecule has 1 atom stereocenters. The zero-order chi connectivity index (χ0) is 21.3. The van der Waals surface area contributed by atoms with E-state index in [0.29, 0.717) is 6.42 Å². The minimum absolute atomic E-state index is 0.00950. The van der Waals surface area contributed by atoms with E-state index < -0.39 is 0 Å².